The minimum atomic E-state index is -0.714. The van der Waals surface area contributed by atoms with Gasteiger partial charge in [-0.25, -0.2) is 9.78 Å². The molecule has 0 aromatic heterocycles. The van der Waals surface area contributed by atoms with Crippen molar-refractivity contribution in [2.24, 2.45) is 23.7 Å². The zero-order valence-electron chi connectivity index (χ0n) is 18.9. The van der Waals surface area contributed by atoms with Crippen molar-refractivity contribution in [3.8, 4) is 0 Å². The largest absolute Gasteiger partial charge is 0.351 e. The number of hydrogen-bond acceptors (Lipinski definition) is 7. The molecule has 1 N–H and O–H groups in total. The van der Waals surface area contributed by atoms with Gasteiger partial charge in [-0.05, 0) is 51.6 Å². The topological polar surface area (TPSA) is 61.4 Å². The van der Waals surface area contributed by atoms with Crippen LogP contribution in [0.25, 0.3) is 0 Å². The molecule has 3 unspecified atom stereocenters. The minimum Gasteiger partial charge on any atom is -0.351 e. The lowest BCUT2D eigenvalue weighted by molar-refractivity contribution is -0.615. The molecule has 7 nitrogen and oxygen atoms in total. The Morgan fingerprint density at radius 1 is 1.03 bits per heavy atom. The number of ether oxygens (including phenoxy) is 3. The second-order valence-corrected chi connectivity index (χ2v) is 10.5. The van der Waals surface area contributed by atoms with Gasteiger partial charge in [0.1, 0.15) is 0 Å². The standard InChI is InChI=1S/C23H40N2O5/c1-16-7-8-18-17(2)20(26-14-10-24-9-13-25-11-5-4-6-12-25)27-21-23(18)19(16)15-22(3,28-21)29-30-23/h16-21,24H,4-15H2,1-3H3/t16-,17-,18?,19?,20+,21-,22?,23+/m1/s1. The predicted octanol–water partition coefficient (Wildman–Crippen LogP) is 2.90. The summed E-state index contributed by atoms with van der Waals surface area (Å²) >= 11 is 0. The van der Waals surface area contributed by atoms with E-state index in [0.717, 1.165) is 32.5 Å². The van der Waals surface area contributed by atoms with Gasteiger partial charge in [0.25, 0.3) is 0 Å². The molecule has 1 aliphatic carbocycles. The fraction of sp³-hybridized carbons (Fsp3) is 1.00. The van der Waals surface area contributed by atoms with Crippen LogP contribution in [-0.2, 0) is 24.0 Å². The molecule has 7 heteroatoms. The van der Waals surface area contributed by atoms with Crippen molar-refractivity contribution >= 4 is 0 Å². The molecular weight excluding hydrogens is 384 g/mol. The van der Waals surface area contributed by atoms with Gasteiger partial charge in [-0.2, -0.15) is 0 Å². The van der Waals surface area contributed by atoms with Crippen molar-refractivity contribution in [2.45, 2.75) is 83.3 Å². The number of hydrogen-bond donors (Lipinski definition) is 1. The van der Waals surface area contributed by atoms with Gasteiger partial charge in [-0.3, -0.25) is 0 Å². The van der Waals surface area contributed by atoms with Gasteiger partial charge >= 0.3 is 0 Å². The summed E-state index contributed by atoms with van der Waals surface area (Å²) in [4.78, 5) is 14.4. The third kappa shape index (κ3) is 3.74. The number of piperidine rings is 1. The van der Waals surface area contributed by atoms with Crippen LogP contribution < -0.4 is 5.32 Å². The molecule has 30 heavy (non-hydrogen) atoms. The highest BCUT2D eigenvalue weighted by Crippen LogP contribution is 2.62. The monoisotopic (exact) mass is 424 g/mol. The molecule has 5 heterocycles. The molecule has 0 aromatic carbocycles. The van der Waals surface area contributed by atoms with E-state index in [9.17, 15) is 0 Å². The average molecular weight is 425 g/mol. The van der Waals surface area contributed by atoms with Crippen LogP contribution >= 0.6 is 0 Å². The Bertz CT molecular complexity index is 602. The fourth-order valence-electron chi connectivity index (χ4n) is 6.67. The highest BCUT2D eigenvalue weighted by molar-refractivity contribution is 5.10. The van der Waals surface area contributed by atoms with Crippen molar-refractivity contribution in [2.75, 3.05) is 39.3 Å². The van der Waals surface area contributed by atoms with Crippen LogP contribution in [0, 0.1) is 23.7 Å². The van der Waals surface area contributed by atoms with Crippen LogP contribution in [0.1, 0.15) is 59.3 Å². The summed E-state index contributed by atoms with van der Waals surface area (Å²) in [6.07, 6.45) is 6.63. The molecule has 8 atom stereocenters. The molecule has 0 aromatic rings. The van der Waals surface area contributed by atoms with Crippen LogP contribution in [0.2, 0.25) is 0 Å². The molecule has 6 aliphatic rings. The van der Waals surface area contributed by atoms with Crippen molar-refractivity contribution in [1.82, 2.24) is 10.2 Å². The first-order valence-electron chi connectivity index (χ1n) is 12.3. The lowest BCUT2D eigenvalue weighted by Gasteiger charge is -2.66. The van der Waals surface area contributed by atoms with E-state index < -0.39 is 17.7 Å². The lowest BCUT2D eigenvalue weighted by atomic mass is 9.56. The van der Waals surface area contributed by atoms with E-state index in [1.54, 1.807) is 0 Å². The van der Waals surface area contributed by atoms with Gasteiger partial charge in [-0.1, -0.05) is 20.3 Å². The van der Waals surface area contributed by atoms with E-state index in [1.165, 1.54) is 38.8 Å². The number of nitrogens with zero attached hydrogens (tertiary/aromatic N) is 1. The van der Waals surface area contributed by atoms with Crippen LogP contribution in [0.4, 0.5) is 0 Å². The molecule has 1 saturated carbocycles. The van der Waals surface area contributed by atoms with Crippen molar-refractivity contribution < 1.29 is 24.0 Å². The van der Waals surface area contributed by atoms with Gasteiger partial charge in [0, 0.05) is 43.8 Å². The molecule has 172 valence electrons. The van der Waals surface area contributed by atoms with E-state index >= 15 is 0 Å². The van der Waals surface area contributed by atoms with Crippen molar-refractivity contribution in [3.05, 3.63) is 0 Å². The normalized spacial score (nSPS) is 48.5. The second-order valence-electron chi connectivity index (χ2n) is 10.5. The summed E-state index contributed by atoms with van der Waals surface area (Å²) in [7, 11) is 0. The lowest BCUT2D eigenvalue weighted by Crippen LogP contribution is -2.76. The number of rotatable bonds is 7. The first-order chi connectivity index (χ1) is 14.5. The summed E-state index contributed by atoms with van der Waals surface area (Å²) in [5.74, 6) is 0.870. The van der Waals surface area contributed by atoms with Crippen LogP contribution in [0.5, 0.6) is 0 Å². The Morgan fingerprint density at radius 2 is 1.87 bits per heavy atom. The summed E-state index contributed by atoms with van der Waals surface area (Å²) in [6, 6.07) is 0. The van der Waals surface area contributed by atoms with Crippen molar-refractivity contribution in [1.29, 1.82) is 0 Å². The second kappa shape index (κ2) is 8.58. The Balaban J connectivity index is 1.14. The molecule has 0 amide bonds. The SMILES string of the molecule is C[C@@H]1CCC2[C@@H](C)[C@@H](OCCNCCN3CCCCC3)O[C@@H]3OC4(C)CC1[C@@]23OO4. The van der Waals surface area contributed by atoms with Gasteiger partial charge in [0.15, 0.2) is 18.2 Å². The average Bonchev–Trinajstić information content (AvgIpc) is 2.75. The first kappa shape index (κ1) is 21.6. The highest BCUT2D eigenvalue weighted by atomic mass is 17.3. The van der Waals surface area contributed by atoms with E-state index in [-0.39, 0.29) is 12.2 Å². The summed E-state index contributed by atoms with van der Waals surface area (Å²) in [5.41, 5.74) is -0.485. The maximum absolute atomic E-state index is 6.39. The molecule has 2 bridgehead atoms. The van der Waals surface area contributed by atoms with Gasteiger partial charge in [-0.15, -0.1) is 0 Å². The minimum absolute atomic E-state index is 0.249. The summed E-state index contributed by atoms with van der Waals surface area (Å²) in [6.45, 7) is 12.7. The van der Waals surface area contributed by atoms with Gasteiger partial charge in [0.2, 0.25) is 5.79 Å². The highest BCUT2D eigenvalue weighted by Gasteiger charge is 2.72. The number of fused-ring (bicyclic) bond motifs is 1. The quantitative estimate of drug-likeness (QED) is 0.498. The third-order valence-electron chi connectivity index (χ3n) is 8.39. The van der Waals surface area contributed by atoms with Crippen LogP contribution in [0.3, 0.4) is 0 Å². The zero-order valence-corrected chi connectivity index (χ0v) is 18.9. The summed E-state index contributed by atoms with van der Waals surface area (Å²) < 4.78 is 18.9. The molecule has 5 aliphatic heterocycles. The number of nitrogens with one attached hydrogen (secondary N) is 1. The molecule has 6 fully saturated rings. The Kier molecular flexibility index (Phi) is 6.17. The smallest absolute Gasteiger partial charge is 0.202 e. The Labute approximate surface area is 181 Å². The van der Waals surface area contributed by atoms with E-state index in [4.69, 9.17) is 24.0 Å². The van der Waals surface area contributed by atoms with Gasteiger partial charge in [0.05, 0.1) is 6.61 Å². The van der Waals surface area contributed by atoms with E-state index in [0.29, 0.717) is 24.4 Å². The van der Waals surface area contributed by atoms with Crippen molar-refractivity contribution in [3.63, 3.8) is 0 Å². The third-order valence-corrected chi connectivity index (χ3v) is 8.39. The summed E-state index contributed by atoms with van der Waals surface area (Å²) in [5, 5.41) is 3.53. The Morgan fingerprint density at radius 3 is 2.70 bits per heavy atom. The number of likely N-dealkylation sites (tertiary alicyclic amines) is 1. The maximum Gasteiger partial charge on any atom is 0.202 e. The molecule has 1 spiro atoms. The zero-order chi connectivity index (χ0) is 20.8. The Hall–Kier alpha value is -0.280. The van der Waals surface area contributed by atoms with Crippen LogP contribution in [-0.4, -0.2) is 68.2 Å². The molecule has 0 radical (unpaired) electrons. The predicted molar refractivity (Wildman–Crippen MR) is 111 cm³/mol. The van der Waals surface area contributed by atoms with E-state index in [2.05, 4.69) is 24.1 Å². The maximum atomic E-state index is 6.39. The molecule has 6 rings (SSSR count). The molecule has 5 saturated heterocycles. The van der Waals surface area contributed by atoms with Gasteiger partial charge < -0.3 is 24.4 Å². The van der Waals surface area contributed by atoms with E-state index in [1.807, 2.05) is 6.92 Å². The fourth-order valence-corrected chi connectivity index (χ4v) is 6.67. The van der Waals surface area contributed by atoms with Crippen LogP contribution in [0.15, 0.2) is 0 Å². The molecular formula is C23H40N2O5. The first-order valence-corrected chi connectivity index (χ1v) is 12.3.